The summed E-state index contributed by atoms with van der Waals surface area (Å²) in [4.78, 5) is 0. The fourth-order valence-corrected chi connectivity index (χ4v) is 0.782. The second kappa shape index (κ2) is 1.90. The van der Waals surface area contributed by atoms with E-state index in [2.05, 4.69) is 0 Å². The molecule has 0 saturated carbocycles. The molecule has 0 amide bonds. The molecular weight excluding hydrogens is 127 g/mol. The lowest BCUT2D eigenvalue weighted by atomic mass is 10.3. The molecule has 0 unspecified atom stereocenters. The molecule has 0 heterocycles. The molecule has 0 bridgehead atoms. The van der Waals surface area contributed by atoms with Crippen LogP contribution in [0.1, 0.15) is 13.3 Å². The third-order valence-electron chi connectivity index (χ3n) is 1.23. The van der Waals surface area contributed by atoms with Crippen molar-refractivity contribution in [3.8, 4) is 0 Å². The Morgan fingerprint density at radius 1 is 1.75 bits per heavy atom. The van der Waals surface area contributed by atoms with Crippen molar-refractivity contribution >= 4 is 11.6 Å². The standard InChI is InChI=1S/C6H6ClF/c1-4-5(7)2-3-6(4)8/h3H,2H2,1H3. The van der Waals surface area contributed by atoms with Crippen molar-refractivity contribution in [2.24, 2.45) is 0 Å². The maximum atomic E-state index is 12.3. The highest BCUT2D eigenvalue weighted by Gasteiger charge is 2.09. The summed E-state index contributed by atoms with van der Waals surface area (Å²) >= 11 is 5.55. The molecule has 0 aromatic heterocycles. The van der Waals surface area contributed by atoms with E-state index < -0.39 is 0 Å². The molecule has 8 heavy (non-hydrogen) atoms. The summed E-state index contributed by atoms with van der Waals surface area (Å²) in [5.41, 5.74) is 0.590. The van der Waals surface area contributed by atoms with E-state index in [1.54, 1.807) is 6.92 Å². The molecule has 44 valence electrons. The molecule has 0 N–H and O–H groups in total. The fourth-order valence-electron chi connectivity index (χ4n) is 0.615. The summed E-state index contributed by atoms with van der Waals surface area (Å²) in [5.74, 6) is -0.171. The topological polar surface area (TPSA) is 0 Å². The van der Waals surface area contributed by atoms with E-state index in [0.29, 0.717) is 17.0 Å². The predicted octanol–water partition coefficient (Wildman–Crippen LogP) is 2.76. The third kappa shape index (κ3) is 0.781. The molecule has 0 spiro atoms. The van der Waals surface area contributed by atoms with Crippen LogP contribution in [0.15, 0.2) is 22.5 Å². The Kier molecular flexibility index (Phi) is 1.39. The largest absolute Gasteiger partial charge is 0.207 e. The lowest BCUT2D eigenvalue weighted by molar-refractivity contribution is 0.654. The van der Waals surface area contributed by atoms with Crippen molar-refractivity contribution in [3.05, 3.63) is 22.5 Å². The average molecular weight is 133 g/mol. The SMILES string of the molecule is CC1=C(Cl)CC=C1F. The van der Waals surface area contributed by atoms with Crippen molar-refractivity contribution in [2.45, 2.75) is 13.3 Å². The normalized spacial score (nSPS) is 19.6. The number of rotatable bonds is 0. The Morgan fingerprint density at radius 2 is 2.38 bits per heavy atom. The molecular formula is C6H6ClF. The Morgan fingerprint density at radius 3 is 2.50 bits per heavy atom. The summed E-state index contributed by atoms with van der Waals surface area (Å²) in [6, 6.07) is 0. The zero-order valence-corrected chi connectivity index (χ0v) is 5.30. The highest BCUT2D eigenvalue weighted by atomic mass is 35.5. The van der Waals surface area contributed by atoms with E-state index in [1.165, 1.54) is 6.08 Å². The van der Waals surface area contributed by atoms with E-state index in [-0.39, 0.29) is 5.83 Å². The van der Waals surface area contributed by atoms with E-state index in [0.717, 1.165) is 0 Å². The zero-order valence-electron chi connectivity index (χ0n) is 4.54. The minimum Gasteiger partial charge on any atom is -0.207 e. The van der Waals surface area contributed by atoms with Gasteiger partial charge in [0, 0.05) is 11.5 Å². The van der Waals surface area contributed by atoms with E-state index in [9.17, 15) is 4.39 Å². The minimum atomic E-state index is -0.171. The van der Waals surface area contributed by atoms with Gasteiger partial charge in [0.25, 0.3) is 0 Å². The number of hydrogen-bond acceptors (Lipinski definition) is 0. The Bertz CT molecular complexity index is 162. The smallest absolute Gasteiger partial charge is 0.123 e. The van der Waals surface area contributed by atoms with Gasteiger partial charge < -0.3 is 0 Å². The predicted molar refractivity (Wildman–Crippen MR) is 32.4 cm³/mol. The van der Waals surface area contributed by atoms with Gasteiger partial charge in [-0.1, -0.05) is 11.6 Å². The van der Waals surface area contributed by atoms with Crippen LogP contribution in [0.25, 0.3) is 0 Å². The van der Waals surface area contributed by atoms with Crippen molar-refractivity contribution < 1.29 is 4.39 Å². The quantitative estimate of drug-likeness (QED) is 0.476. The molecule has 2 heteroatoms. The molecule has 1 rings (SSSR count). The average Bonchev–Trinajstić information content (AvgIpc) is 1.98. The molecule has 0 aromatic rings. The number of allylic oxidation sites excluding steroid dienone is 4. The van der Waals surface area contributed by atoms with Crippen molar-refractivity contribution in [1.29, 1.82) is 0 Å². The van der Waals surface area contributed by atoms with Crippen LogP contribution in [0, 0.1) is 0 Å². The molecule has 0 atom stereocenters. The lowest BCUT2D eigenvalue weighted by Gasteiger charge is -1.88. The summed E-state index contributed by atoms with van der Waals surface area (Å²) in [6.45, 7) is 1.68. The summed E-state index contributed by atoms with van der Waals surface area (Å²) in [7, 11) is 0. The number of hydrogen-bond donors (Lipinski definition) is 0. The Hall–Kier alpha value is -0.300. The molecule has 0 saturated heterocycles. The summed E-state index contributed by atoms with van der Waals surface area (Å²) < 4.78 is 12.3. The van der Waals surface area contributed by atoms with Crippen LogP contribution >= 0.6 is 11.6 Å². The number of halogens is 2. The molecule has 0 radical (unpaired) electrons. The third-order valence-corrected chi connectivity index (χ3v) is 1.66. The van der Waals surface area contributed by atoms with E-state index in [4.69, 9.17) is 11.6 Å². The van der Waals surface area contributed by atoms with Crippen LogP contribution < -0.4 is 0 Å². The first-order valence-corrected chi connectivity index (χ1v) is 2.81. The van der Waals surface area contributed by atoms with Gasteiger partial charge in [-0.3, -0.25) is 0 Å². The molecule has 0 nitrogen and oxygen atoms in total. The van der Waals surface area contributed by atoms with Gasteiger partial charge in [0.15, 0.2) is 0 Å². The molecule has 0 fully saturated rings. The Labute approximate surface area is 52.6 Å². The monoisotopic (exact) mass is 132 g/mol. The maximum Gasteiger partial charge on any atom is 0.123 e. The lowest BCUT2D eigenvalue weighted by Crippen LogP contribution is -1.69. The van der Waals surface area contributed by atoms with Crippen LogP contribution in [0.4, 0.5) is 4.39 Å². The van der Waals surface area contributed by atoms with Gasteiger partial charge in [0.2, 0.25) is 0 Å². The summed E-state index contributed by atoms with van der Waals surface area (Å²) in [6.07, 6.45) is 2.05. The first-order valence-electron chi connectivity index (χ1n) is 2.43. The molecule has 1 aliphatic rings. The Balaban J connectivity index is 2.88. The highest BCUT2D eigenvalue weighted by molar-refractivity contribution is 6.30. The van der Waals surface area contributed by atoms with Crippen LogP contribution in [-0.4, -0.2) is 0 Å². The molecule has 0 aromatic carbocycles. The fraction of sp³-hybridized carbons (Fsp3) is 0.333. The van der Waals surface area contributed by atoms with Gasteiger partial charge in [0.05, 0.1) is 0 Å². The van der Waals surface area contributed by atoms with Gasteiger partial charge in [0.1, 0.15) is 5.83 Å². The van der Waals surface area contributed by atoms with Crippen molar-refractivity contribution in [2.75, 3.05) is 0 Å². The molecule has 1 aliphatic carbocycles. The van der Waals surface area contributed by atoms with Crippen LogP contribution in [0.5, 0.6) is 0 Å². The first kappa shape index (κ1) is 5.83. The second-order valence-electron chi connectivity index (χ2n) is 1.79. The van der Waals surface area contributed by atoms with Gasteiger partial charge in [-0.25, -0.2) is 4.39 Å². The van der Waals surface area contributed by atoms with E-state index in [1.807, 2.05) is 0 Å². The summed E-state index contributed by atoms with van der Waals surface area (Å²) in [5, 5.41) is 0.627. The van der Waals surface area contributed by atoms with Crippen molar-refractivity contribution in [3.63, 3.8) is 0 Å². The van der Waals surface area contributed by atoms with Gasteiger partial charge >= 0.3 is 0 Å². The molecule has 0 aliphatic heterocycles. The van der Waals surface area contributed by atoms with Gasteiger partial charge in [-0.2, -0.15) is 0 Å². The van der Waals surface area contributed by atoms with Crippen LogP contribution in [0.3, 0.4) is 0 Å². The minimum absolute atomic E-state index is 0.171. The maximum absolute atomic E-state index is 12.3. The second-order valence-corrected chi connectivity index (χ2v) is 2.24. The van der Waals surface area contributed by atoms with Gasteiger partial charge in [-0.15, -0.1) is 0 Å². The highest BCUT2D eigenvalue weighted by Crippen LogP contribution is 2.28. The van der Waals surface area contributed by atoms with Gasteiger partial charge in [-0.05, 0) is 18.6 Å². The van der Waals surface area contributed by atoms with Crippen LogP contribution in [-0.2, 0) is 0 Å². The first-order chi connectivity index (χ1) is 3.72. The van der Waals surface area contributed by atoms with Crippen LogP contribution in [0.2, 0.25) is 0 Å². The zero-order chi connectivity index (χ0) is 6.15. The van der Waals surface area contributed by atoms with Crippen molar-refractivity contribution in [1.82, 2.24) is 0 Å². The van der Waals surface area contributed by atoms with E-state index >= 15 is 0 Å².